The van der Waals surface area contributed by atoms with Gasteiger partial charge in [0.15, 0.2) is 5.78 Å². The number of aromatic nitrogens is 1. The Kier molecular flexibility index (Phi) is 4.23. The van der Waals surface area contributed by atoms with Gasteiger partial charge in [-0.2, -0.15) is 0 Å². The van der Waals surface area contributed by atoms with Crippen molar-refractivity contribution >= 4 is 5.78 Å². The summed E-state index contributed by atoms with van der Waals surface area (Å²) >= 11 is 0. The SMILES string of the molecule is CCn1c(C)cc(C(=O)COC2CCCC2)c1C. The zero-order valence-corrected chi connectivity index (χ0v) is 11.7. The van der Waals surface area contributed by atoms with Crippen molar-refractivity contribution in [3.63, 3.8) is 0 Å². The monoisotopic (exact) mass is 249 g/mol. The van der Waals surface area contributed by atoms with E-state index >= 15 is 0 Å². The molecule has 0 radical (unpaired) electrons. The summed E-state index contributed by atoms with van der Waals surface area (Å²) < 4.78 is 7.87. The molecule has 0 aromatic carbocycles. The number of hydrogen-bond acceptors (Lipinski definition) is 2. The van der Waals surface area contributed by atoms with Crippen LogP contribution < -0.4 is 0 Å². The van der Waals surface area contributed by atoms with Gasteiger partial charge in [-0.05, 0) is 39.7 Å². The largest absolute Gasteiger partial charge is 0.370 e. The maximum absolute atomic E-state index is 12.2. The Labute approximate surface area is 109 Å². The van der Waals surface area contributed by atoms with Crippen LogP contribution in [0, 0.1) is 13.8 Å². The highest BCUT2D eigenvalue weighted by atomic mass is 16.5. The molecular weight excluding hydrogens is 226 g/mol. The number of ether oxygens (including phenoxy) is 1. The van der Waals surface area contributed by atoms with Crippen LogP contribution in [0.1, 0.15) is 54.4 Å². The smallest absolute Gasteiger partial charge is 0.190 e. The van der Waals surface area contributed by atoms with E-state index in [1.54, 1.807) is 0 Å². The average Bonchev–Trinajstić information content (AvgIpc) is 2.95. The quantitative estimate of drug-likeness (QED) is 0.750. The first kappa shape index (κ1) is 13.3. The lowest BCUT2D eigenvalue weighted by Crippen LogP contribution is -2.16. The molecule has 0 bridgehead atoms. The van der Waals surface area contributed by atoms with Crippen LogP contribution in [0.15, 0.2) is 6.07 Å². The van der Waals surface area contributed by atoms with E-state index in [0.717, 1.165) is 36.3 Å². The summed E-state index contributed by atoms with van der Waals surface area (Å²) in [4.78, 5) is 12.2. The van der Waals surface area contributed by atoms with Crippen LogP contribution in [-0.4, -0.2) is 23.1 Å². The Morgan fingerprint density at radius 2 is 2.06 bits per heavy atom. The molecule has 0 spiro atoms. The Morgan fingerprint density at radius 1 is 1.39 bits per heavy atom. The van der Waals surface area contributed by atoms with E-state index in [1.807, 2.05) is 19.9 Å². The van der Waals surface area contributed by atoms with Crippen molar-refractivity contribution < 1.29 is 9.53 Å². The fourth-order valence-corrected chi connectivity index (χ4v) is 2.90. The van der Waals surface area contributed by atoms with Gasteiger partial charge in [0.1, 0.15) is 6.61 Å². The van der Waals surface area contributed by atoms with Crippen molar-refractivity contribution in [2.45, 2.75) is 59.1 Å². The summed E-state index contributed by atoms with van der Waals surface area (Å²) in [5.41, 5.74) is 3.04. The predicted molar refractivity (Wildman–Crippen MR) is 72.1 cm³/mol. The van der Waals surface area contributed by atoms with E-state index in [2.05, 4.69) is 11.5 Å². The van der Waals surface area contributed by atoms with E-state index in [0.29, 0.717) is 6.10 Å². The fraction of sp³-hybridized carbons (Fsp3) is 0.667. The number of Topliss-reactive ketones (excluding diaryl/α,β-unsaturated/α-hetero) is 1. The van der Waals surface area contributed by atoms with Crippen LogP contribution in [-0.2, 0) is 11.3 Å². The van der Waals surface area contributed by atoms with Crippen molar-refractivity contribution in [3.8, 4) is 0 Å². The van der Waals surface area contributed by atoms with E-state index in [4.69, 9.17) is 4.74 Å². The highest BCUT2D eigenvalue weighted by molar-refractivity contribution is 5.98. The molecule has 0 N–H and O–H groups in total. The molecule has 1 saturated carbocycles. The second-order valence-corrected chi connectivity index (χ2v) is 5.17. The molecule has 3 nitrogen and oxygen atoms in total. The molecule has 1 heterocycles. The van der Waals surface area contributed by atoms with Crippen molar-refractivity contribution in [1.29, 1.82) is 0 Å². The van der Waals surface area contributed by atoms with Gasteiger partial charge in [0, 0.05) is 23.5 Å². The number of hydrogen-bond donors (Lipinski definition) is 0. The molecule has 1 aromatic rings. The molecule has 100 valence electrons. The summed E-state index contributed by atoms with van der Waals surface area (Å²) in [5.74, 6) is 0.120. The maximum atomic E-state index is 12.2. The normalized spacial score (nSPS) is 16.4. The number of carbonyl (C=O) groups is 1. The molecule has 18 heavy (non-hydrogen) atoms. The summed E-state index contributed by atoms with van der Waals surface area (Å²) in [6.07, 6.45) is 5.01. The van der Waals surface area contributed by atoms with Crippen molar-refractivity contribution in [2.75, 3.05) is 6.61 Å². The number of ketones is 1. The molecule has 0 saturated heterocycles. The third-order valence-corrected chi connectivity index (χ3v) is 3.94. The third kappa shape index (κ3) is 2.66. The van der Waals surface area contributed by atoms with Crippen LogP contribution in [0.4, 0.5) is 0 Å². The topological polar surface area (TPSA) is 31.2 Å². The molecule has 1 aromatic heterocycles. The van der Waals surface area contributed by atoms with Crippen LogP contribution >= 0.6 is 0 Å². The minimum absolute atomic E-state index is 0.120. The standard InChI is InChI=1S/C15H23NO2/c1-4-16-11(2)9-14(12(16)3)15(17)10-18-13-7-5-6-8-13/h9,13H,4-8,10H2,1-3H3. The molecule has 3 heteroatoms. The molecule has 0 unspecified atom stereocenters. The van der Waals surface area contributed by atoms with Gasteiger partial charge in [0.2, 0.25) is 0 Å². The first-order valence-electron chi connectivity index (χ1n) is 6.95. The first-order chi connectivity index (χ1) is 8.63. The predicted octanol–water partition coefficient (Wildman–Crippen LogP) is 3.27. The van der Waals surface area contributed by atoms with Crippen LogP contribution in [0.2, 0.25) is 0 Å². The van der Waals surface area contributed by atoms with E-state index in [1.165, 1.54) is 12.8 Å². The van der Waals surface area contributed by atoms with Crippen molar-refractivity contribution in [2.24, 2.45) is 0 Å². The molecule has 1 fully saturated rings. The molecule has 0 amide bonds. The number of rotatable bonds is 5. The van der Waals surface area contributed by atoms with Gasteiger partial charge in [-0.1, -0.05) is 12.8 Å². The summed E-state index contributed by atoms with van der Waals surface area (Å²) in [7, 11) is 0. The van der Waals surface area contributed by atoms with Gasteiger partial charge < -0.3 is 9.30 Å². The summed E-state index contributed by atoms with van der Waals surface area (Å²) in [5, 5.41) is 0. The number of nitrogens with zero attached hydrogens (tertiary/aromatic N) is 1. The third-order valence-electron chi connectivity index (χ3n) is 3.94. The molecule has 2 rings (SSSR count). The van der Waals surface area contributed by atoms with Gasteiger partial charge in [-0.15, -0.1) is 0 Å². The Hall–Kier alpha value is -1.09. The van der Waals surface area contributed by atoms with E-state index < -0.39 is 0 Å². The highest BCUT2D eigenvalue weighted by Crippen LogP contribution is 2.22. The first-order valence-corrected chi connectivity index (χ1v) is 6.95. The molecule has 0 atom stereocenters. The van der Waals surface area contributed by atoms with Crippen molar-refractivity contribution in [1.82, 2.24) is 4.57 Å². The second-order valence-electron chi connectivity index (χ2n) is 5.17. The minimum atomic E-state index is 0.120. The fourth-order valence-electron chi connectivity index (χ4n) is 2.90. The van der Waals surface area contributed by atoms with E-state index in [-0.39, 0.29) is 12.4 Å². The average molecular weight is 249 g/mol. The number of aryl methyl sites for hydroxylation is 1. The zero-order chi connectivity index (χ0) is 13.1. The lowest BCUT2D eigenvalue weighted by atomic mass is 10.1. The summed E-state index contributed by atoms with van der Waals surface area (Å²) in [6, 6.07) is 1.99. The Bertz CT molecular complexity index is 428. The molecule has 1 aliphatic rings. The van der Waals surface area contributed by atoms with Crippen LogP contribution in [0.25, 0.3) is 0 Å². The molecular formula is C15H23NO2. The molecule has 1 aliphatic carbocycles. The van der Waals surface area contributed by atoms with Gasteiger partial charge in [-0.25, -0.2) is 0 Å². The van der Waals surface area contributed by atoms with Gasteiger partial charge in [-0.3, -0.25) is 4.79 Å². The lowest BCUT2D eigenvalue weighted by Gasteiger charge is -2.10. The Morgan fingerprint density at radius 3 is 2.61 bits per heavy atom. The minimum Gasteiger partial charge on any atom is -0.370 e. The lowest BCUT2D eigenvalue weighted by molar-refractivity contribution is 0.0482. The van der Waals surface area contributed by atoms with Crippen LogP contribution in [0.5, 0.6) is 0 Å². The van der Waals surface area contributed by atoms with Crippen molar-refractivity contribution in [3.05, 3.63) is 23.0 Å². The summed E-state index contributed by atoms with van der Waals surface area (Å²) in [6.45, 7) is 7.31. The maximum Gasteiger partial charge on any atom is 0.190 e. The second kappa shape index (κ2) is 5.70. The zero-order valence-electron chi connectivity index (χ0n) is 11.7. The van der Waals surface area contributed by atoms with Gasteiger partial charge >= 0.3 is 0 Å². The van der Waals surface area contributed by atoms with Gasteiger partial charge in [0.25, 0.3) is 0 Å². The Balaban J connectivity index is 2.00. The number of carbonyl (C=O) groups excluding carboxylic acids is 1. The van der Waals surface area contributed by atoms with Crippen LogP contribution in [0.3, 0.4) is 0 Å². The highest BCUT2D eigenvalue weighted by Gasteiger charge is 2.19. The van der Waals surface area contributed by atoms with E-state index in [9.17, 15) is 4.79 Å². The van der Waals surface area contributed by atoms with Gasteiger partial charge in [0.05, 0.1) is 6.10 Å². The molecule has 0 aliphatic heterocycles.